The van der Waals surface area contributed by atoms with Gasteiger partial charge in [-0.25, -0.2) is 15.0 Å². The molecule has 1 amide bonds. The number of nitrogens with zero attached hydrogens (tertiary/aromatic N) is 5. The summed E-state index contributed by atoms with van der Waals surface area (Å²) in [6.45, 7) is 6.30. The van der Waals surface area contributed by atoms with Crippen LogP contribution in [0.2, 0.25) is 0 Å². The number of thioether (sulfide) groups is 1. The van der Waals surface area contributed by atoms with Gasteiger partial charge in [-0.15, -0.1) is 11.8 Å². The van der Waals surface area contributed by atoms with Crippen molar-refractivity contribution in [3.63, 3.8) is 0 Å². The number of carbonyl (C=O) groups excluding carboxylic acids is 1. The van der Waals surface area contributed by atoms with Gasteiger partial charge in [-0.3, -0.25) is 9.69 Å². The number of rotatable bonds is 8. The number of piperazine rings is 1. The second-order valence-corrected chi connectivity index (χ2v) is 11.3. The molecular weight excluding hydrogens is 466 g/mol. The van der Waals surface area contributed by atoms with Crippen molar-refractivity contribution in [2.24, 2.45) is 5.92 Å². The van der Waals surface area contributed by atoms with Crippen LogP contribution in [0.25, 0.3) is 10.2 Å². The Balaban J connectivity index is 1.16. The maximum absolute atomic E-state index is 13.2. The highest BCUT2D eigenvalue weighted by molar-refractivity contribution is 7.98. The maximum atomic E-state index is 13.2. The summed E-state index contributed by atoms with van der Waals surface area (Å²) >= 11 is 3.23. The lowest BCUT2D eigenvalue weighted by Gasteiger charge is -2.40. The van der Waals surface area contributed by atoms with Gasteiger partial charge in [0.15, 0.2) is 5.13 Å². The Bertz CT molecular complexity index is 1160. The fourth-order valence-corrected chi connectivity index (χ4v) is 5.58. The van der Waals surface area contributed by atoms with Crippen molar-refractivity contribution in [2.45, 2.75) is 30.2 Å². The average Bonchev–Trinajstić information content (AvgIpc) is 3.51. The van der Waals surface area contributed by atoms with Gasteiger partial charge in [0.1, 0.15) is 0 Å². The van der Waals surface area contributed by atoms with Gasteiger partial charge in [-0.1, -0.05) is 18.3 Å². The Kier molecular flexibility index (Phi) is 6.63. The molecule has 1 spiro atoms. The van der Waals surface area contributed by atoms with Crippen LogP contribution in [0.5, 0.6) is 0 Å². The molecule has 3 aromatic rings. The molecule has 8 nitrogen and oxygen atoms in total. The van der Waals surface area contributed by atoms with Crippen molar-refractivity contribution in [1.82, 2.24) is 24.8 Å². The first-order chi connectivity index (χ1) is 16.5. The molecule has 1 aromatic carbocycles. The van der Waals surface area contributed by atoms with Gasteiger partial charge >= 0.3 is 0 Å². The first-order valence-corrected chi connectivity index (χ1v) is 13.7. The van der Waals surface area contributed by atoms with Crippen LogP contribution in [-0.2, 0) is 0 Å². The van der Waals surface area contributed by atoms with E-state index in [2.05, 4.69) is 39.5 Å². The van der Waals surface area contributed by atoms with Crippen LogP contribution in [0.4, 0.5) is 11.1 Å². The van der Waals surface area contributed by atoms with Crippen LogP contribution in [-0.4, -0.2) is 82.2 Å². The molecule has 2 N–H and O–H groups in total. The monoisotopic (exact) mass is 497 g/mol. The Morgan fingerprint density at radius 2 is 1.97 bits per heavy atom. The number of hydrogen-bond acceptors (Lipinski definition) is 9. The number of amides is 1. The van der Waals surface area contributed by atoms with Gasteiger partial charge in [0.2, 0.25) is 5.95 Å². The van der Waals surface area contributed by atoms with Crippen LogP contribution in [0.3, 0.4) is 0 Å². The SMILES string of the molecule is CSc1cnc(NC[C@H](C)CNc2nc3ccc(C(=O)N4CCN(C)C5(CC5)C4)cc3s2)nc1. The summed E-state index contributed by atoms with van der Waals surface area (Å²) < 4.78 is 1.04. The number of carbonyl (C=O) groups is 1. The summed E-state index contributed by atoms with van der Waals surface area (Å²) in [5.74, 6) is 1.14. The van der Waals surface area contributed by atoms with Crippen LogP contribution < -0.4 is 10.6 Å². The number of benzene rings is 1. The largest absolute Gasteiger partial charge is 0.361 e. The van der Waals surface area contributed by atoms with E-state index in [0.717, 1.165) is 58.5 Å². The summed E-state index contributed by atoms with van der Waals surface area (Å²) in [5, 5.41) is 7.61. The van der Waals surface area contributed by atoms with E-state index >= 15 is 0 Å². The van der Waals surface area contributed by atoms with Gasteiger partial charge in [0, 0.05) is 61.1 Å². The highest BCUT2D eigenvalue weighted by Gasteiger charge is 2.50. The highest BCUT2D eigenvalue weighted by Crippen LogP contribution is 2.43. The predicted octanol–water partition coefficient (Wildman–Crippen LogP) is 3.89. The zero-order valence-electron chi connectivity index (χ0n) is 19.9. The number of hydrogen-bond donors (Lipinski definition) is 2. The molecule has 5 rings (SSSR count). The van der Waals surface area contributed by atoms with Gasteiger partial charge in [-0.05, 0) is 50.3 Å². The summed E-state index contributed by atoms with van der Waals surface area (Å²) in [6.07, 6.45) is 8.06. The third-order valence-electron chi connectivity index (χ3n) is 6.82. The lowest BCUT2D eigenvalue weighted by Crippen LogP contribution is -2.54. The highest BCUT2D eigenvalue weighted by atomic mass is 32.2. The Morgan fingerprint density at radius 1 is 1.21 bits per heavy atom. The van der Waals surface area contributed by atoms with Crippen LogP contribution in [0.1, 0.15) is 30.1 Å². The molecule has 34 heavy (non-hydrogen) atoms. The first kappa shape index (κ1) is 23.3. The topological polar surface area (TPSA) is 86.3 Å². The van der Waals surface area contributed by atoms with E-state index in [1.807, 2.05) is 41.7 Å². The van der Waals surface area contributed by atoms with Crippen LogP contribution in [0, 0.1) is 5.92 Å². The normalized spacial score (nSPS) is 18.3. The van der Waals surface area contributed by atoms with E-state index < -0.39 is 0 Å². The van der Waals surface area contributed by atoms with Gasteiger partial charge in [-0.2, -0.15) is 0 Å². The quantitative estimate of drug-likeness (QED) is 0.454. The predicted molar refractivity (Wildman–Crippen MR) is 140 cm³/mol. The minimum atomic E-state index is 0.136. The molecule has 0 bridgehead atoms. The van der Waals surface area contributed by atoms with E-state index in [4.69, 9.17) is 4.98 Å². The minimum Gasteiger partial charge on any atom is -0.361 e. The molecule has 1 atom stereocenters. The smallest absolute Gasteiger partial charge is 0.254 e. The second kappa shape index (κ2) is 9.67. The zero-order chi connectivity index (χ0) is 23.7. The number of thiazole rings is 1. The van der Waals surface area contributed by atoms with Gasteiger partial charge < -0.3 is 15.5 Å². The number of fused-ring (bicyclic) bond motifs is 1. The molecule has 1 aliphatic carbocycles. The summed E-state index contributed by atoms with van der Waals surface area (Å²) in [4.78, 5) is 32.0. The molecule has 180 valence electrons. The molecule has 3 heterocycles. The second-order valence-electron chi connectivity index (χ2n) is 9.39. The fourth-order valence-electron chi connectivity index (χ4n) is 4.35. The molecule has 1 saturated carbocycles. The third-order valence-corrected chi connectivity index (χ3v) is 8.48. The molecule has 0 unspecified atom stereocenters. The van der Waals surface area contributed by atoms with Crippen molar-refractivity contribution in [1.29, 1.82) is 0 Å². The number of aromatic nitrogens is 3. The first-order valence-electron chi connectivity index (χ1n) is 11.7. The Morgan fingerprint density at radius 3 is 2.71 bits per heavy atom. The lowest BCUT2D eigenvalue weighted by molar-refractivity contribution is 0.0497. The summed E-state index contributed by atoms with van der Waals surface area (Å²) in [7, 11) is 2.18. The Hall–Kier alpha value is -2.43. The zero-order valence-corrected chi connectivity index (χ0v) is 21.5. The van der Waals surface area contributed by atoms with Gasteiger partial charge in [0.25, 0.3) is 5.91 Å². The third kappa shape index (κ3) is 4.99. The molecule has 1 aliphatic heterocycles. The molecule has 2 aromatic heterocycles. The average molecular weight is 498 g/mol. The van der Waals surface area contributed by atoms with E-state index in [0.29, 0.717) is 11.9 Å². The number of nitrogens with one attached hydrogen (secondary N) is 2. The molecule has 2 fully saturated rings. The van der Waals surface area contributed by atoms with E-state index in [1.54, 1.807) is 23.1 Å². The van der Waals surface area contributed by atoms with Crippen LogP contribution in [0.15, 0.2) is 35.5 Å². The molecule has 1 saturated heterocycles. The van der Waals surface area contributed by atoms with Crippen LogP contribution >= 0.6 is 23.1 Å². The van der Waals surface area contributed by atoms with Crippen molar-refractivity contribution >= 4 is 50.3 Å². The maximum Gasteiger partial charge on any atom is 0.254 e. The van der Waals surface area contributed by atoms with E-state index in [-0.39, 0.29) is 11.4 Å². The molecule has 10 heteroatoms. The van der Waals surface area contributed by atoms with E-state index in [9.17, 15) is 4.79 Å². The molecule has 0 radical (unpaired) electrons. The summed E-state index contributed by atoms with van der Waals surface area (Å²) in [6, 6.07) is 5.88. The minimum absolute atomic E-state index is 0.136. The van der Waals surface area contributed by atoms with Crippen molar-refractivity contribution < 1.29 is 4.79 Å². The number of anilines is 2. The van der Waals surface area contributed by atoms with Gasteiger partial charge in [0.05, 0.1) is 10.2 Å². The fraction of sp³-hybridized carbons (Fsp3) is 0.500. The number of likely N-dealkylation sites (N-methyl/N-ethyl adjacent to an activating group) is 1. The van der Waals surface area contributed by atoms with Crippen molar-refractivity contribution in [2.75, 3.05) is 56.7 Å². The standard InChI is InChI=1S/C24H31N7OS2/c1-16(11-25-22-26-13-18(33-3)14-27-22)12-28-23-29-19-5-4-17(10-20(19)34-23)21(32)31-9-8-30(2)24(15-31)6-7-24/h4-5,10,13-14,16H,6-9,11-12,15H2,1-3H3,(H,28,29)(H,25,26,27)/t16-/m0/s1. The molecule has 2 aliphatic rings. The van der Waals surface area contributed by atoms with Crippen molar-refractivity contribution in [3.05, 3.63) is 36.2 Å². The Labute approximate surface area is 208 Å². The lowest BCUT2D eigenvalue weighted by atomic mass is 10.1. The molecular formula is C24H31N7OS2. The van der Waals surface area contributed by atoms with E-state index in [1.165, 1.54) is 12.8 Å². The summed E-state index contributed by atoms with van der Waals surface area (Å²) in [5.41, 5.74) is 1.91. The van der Waals surface area contributed by atoms with Crippen molar-refractivity contribution in [3.8, 4) is 0 Å².